The van der Waals surface area contributed by atoms with Crippen LogP contribution in [-0.2, 0) is 0 Å². The number of benzene rings is 1. The Balaban J connectivity index is 3.31. The van der Waals surface area contributed by atoms with E-state index in [1.165, 1.54) is 0 Å². The molecule has 0 atom stereocenters. The largest absolute Gasteiger partial charge is 0.409 e. The average Bonchev–Trinajstić information content (AvgIpc) is 2.27. The first kappa shape index (κ1) is 10.9. The zero-order chi connectivity index (χ0) is 11.4. The molecule has 0 amide bonds. The van der Waals surface area contributed by atoms with Gasteiger partial charge in [0.2, 0.25) is 0 Å². The van der Waals surface area contributed by atoms with Crippen LogP contribution in [-0.4, -0.2) is 25.1 Å². The number of nitrogens with two attached hydrogens (primary N) is 1. The first-order valence-corrected chi connectivity index (χ1v) is 4.29. The van der Waals surface area contributed by atoms with Crippen LogP contribution in [0.3, 0.4) is 0 Å². The number of amidine groups is 1. The molecule has 0 saturated heterocycles. The molecule has 0 aliphatic carbocycles. The van der Waals surface area contributed by atoms with Gasteiger partial charge in [-0.25, -0.2) is 0 Å². The van der Waals surface area contributed by atoms with E-state index in [1.54, 1.807) is 18.2 Å². The fourth-order valence-electron chi connectivity index (χ4n) is 1.14. The Kier molecular flexibility index (Phi) is 3.13. The number of nitrogens with zero attached hydrogens (tertiary/aromatic N) is 3. The molecular weight excluding hydrogens is 192 g/mol. The molecule has 1 aromatic rings. The third-order valence-electron chi connectivity index (χ3n) is 1.97. The Morgan fingerprint density at radius 1 is 1.47 bits per heavy atom. The third-order valence-corrected chi connectivity index (χ3v) is 1.97. The lowest BCUT2D eigenvalue weighted by Crippen LogP contribution is -2.15. The molecule has 0 aliphatic heterocycles. The molecule has 0 fully saturated rings. The highest BCUT2D eigenvalue weighted by molar-refractivity contribution is 5.98. The number of nitriles is 1. The molecule has 0 radical (unpaired) electrons. The number of hydrogen-bond donors (Lipinski definition) is 2. The summed E-state index contributed by atoms with van der Waals surface area (Å²) in [5.74, 6) is -0.00444. The van der Waals surface area contributed by atoms with Gasteiger partial charge in [-0.15, -0.1) is 0 Å². The average molecular weight is 204 g/mol. The van der Waals surface area contributed by atoms with E-state index >= 15 is 0 Å². The molecule has 1 rings (SSSR count). The first-order valence-electron chi connectivity index (χ1n) is 4.29. The van der Waals surface area contributed by atoms with Gasteiger partial charge in [0.15, 0.2) is 5.84 Å². The second-order valence-corrected chi connectivity index (χ2v) is 3.26. The molecule has 0 heterocycles. The zero-order valence-electron chi connectivity index (χ0n) is 8.60. The molecule has 0 aliphatic rings. The molecule has 0 unspecified atom stereocenters. The monoisotopic (exact) mass is 204 g/mol. The number of rotatable bonds is 2. The number of oxime groups is 1. The zero-order valence-corrected chi connectivity index (χ0v) is 8.60. The number of anilines is 1. The van der Waals surface area contributed by atoms with Crippen LogP contribution in [0.4, 0.5) is 5.69 Å². The van der Waals surface area contributed by atoms with E-state index in [2.05, 4.69) is 5.16 Å². The lowest BCUT2D eigenvalue weighted by molar-refractivity contribution is 0.318. The van der Waals surface area contributed by atoms with E-state index in [0.29, 0.717) is 11.1 Å². The Bertz CT molecular complexity index is 432. The molecule has 0 saturated carbocycles. The Labute approximate surface area is 88.0 Å². The Morgan fingerprint density at radius 2 is 2.13 bits per heavy atom. The normalized spacial score (nSPS) is 10.9. The van der Waals surface area contributed by atoms with Gasteiger partial charge in [-0.05, 0) is 18.2 Å². The van der Waals surface area contributed by atoms with E-state index in [1.807, 2.05) is 25.1 Å². The fraction of sp³-hybridized carbons (Fsp3) is 0.200. The predicted molar refractivity (Wildman–Crippen MR) is 58.0 cm³/mol. The van der Waals surface area contributed by atoms with Crippen LogP contribution in [0.5, 0.6) is 0 Å². The third kappa shape index (κ3) is 2.38. The van der Waals surface area contributed by atoms with Crippen molar-refractivity contribution in [3.05, 3.63) is 29.3 Å². The van der Waals surface area contributed by atoms with Crippen LogP contribution < -0.4 is 10.6 Å². The molecule has 3 N–H and O–H groups in total. The standard InChI is InChI=1S/C10H12N4O/c1-14(2)9-4-7(6-11)3-8(5-9)10(12)13-15/h3-5,15H,1-2H3,(H2,12,13). The summed E-state index contributed by atoms with van der Waals surface area (Å²) in [6.07, 6.45) is 0. The minimum absolute atomic E-state index is 0.00444. The molecule has 5 nitrogen and oxygen atoms in total. The van der Waals surface area contributed by atoms with E-state index < -0.39 is 0 Å². The first-order chi connectivity index (χ1) is 7.08. The van der Waals surface area contributed by atoms with Crippen molar-refractivity contribution in [1.82, 2.24) is 0 Å². The summed E-state index contributed by atoms with van der Waals surface area (Å²) in [7, 11) is 3.71. The van der Waals surface area contributed by atoms with E-state index in [0.717, 1.165) is 5.69 Å². The summed E-state index contributed by atoms with van der Waals surface area (Å²) in [5.41, 5.74) is 7.29. The lowest BCUT2D eigenvalue weighted by atomic mass is 10.1. The van der Waals surface area contributed by atoms with Crippen molar-refractivity contribution in [3.63, 3.8) is 0 Å². The van der Waals surface area contributed by atoms with E-state index in [4.69, 9.17) is 16.2 Å². The van der Waals surface area contributed by atoms with Gasteiger partial charge in [0.1, 0.15) is 0 Å². The van der Waals surface area contributed by atoms with Crippen molar-refractivity contribution in [2.45, 2.75) is 0 Å². The molecule has 0 bridgehead atoms. The minimum atomic E-state index is -0.00444. The summed E-state index contributed by atoms with van der Waals surface area (Å²) in [5, 5.41) is 20.3. The van der Waals surface area contributed by atoms with Gasteiger partial charge in [0.25, 0.3) is 0 Å². The van der Waals surface area contributed by atoms with Gasteiger partial charge >= 0.3 is 0 Å². The van der Waals surface area contributed by atoms with Gasteiger partial charge in [-0.3, -0.25) is 0 Å². The Morgan fingerprint density at radius 3 is 2.60 bits per heavy atom. The summed E-state index contributed by atoms with van der Waals surface area (Å²) >= 11 is 0. The maximum Gasteiger partial charge on any atom is 0.170 e. The van der Waals surface area contributed by atoms with Crippen molar-refractivity contribution in [2.75, 3.05) is 19.0 Å². The quantitative estimate of drug-likeness (QED) is 0.321. The fourth-order valence-corrected chi connectivity index (χ4v) is 1.14. The molecule has 15 heavy (non-hydrogen) atoms. The van der Waals surface area contributed by atoms with Crippen LogP contribution in [0, 0.1) is 11.3 Å². The maximum absolute atomic E-state index is 8.81. The molecule has 0 spiro atoms. The molecule has 5 heteroatoms. The van der Waals surface area contributed by atoms with Crippen LogP contribution >= 0.6 is 0 Å². The van der Waals surface area contributed by atoms with Gasteiger partial charge in [0.05, 0.1) is 11.6 Å². The smallest absolute Gasteiger partial charge is 0.170 e. The van der Waals surface area contributed by atoms with Crippen LogP contribution in [0.15, 0.2) is 23.4 Å². The topological polar surface area (TPSA) is 85.6 Å². The van der Waals surface area contributed by atoms with Crippen molar-refractivity contribution in [2.24, 2.45) is 10.9 Å². The summed E-state index contributed by atoms with van der Waals surface area (Å²) in [4.78, 5) is 1.84. The molecule has 0 aromatic heterocycles. The SMILES string of the molecule is CN(C)c1cc(C#N)cc(C(N)=NO)c1. The van der Waals surface area contributed by atoms with Gasteiger partial charge in [-0.1, -0.05) is 5.16 Å². The second kappa shape index (κ2) is 4.33. The molecule has 78 valence electrons. The number of hydrogen-bond acceptors (Lipinski definition) is 4. The van der Waals surface area contributed by atoms with Crippen molar-refractivity contribution >= 4 is 11.5 Å². The highest BCUT2D eigenvalue weighted by atomic mass is 16.4. The maximum atomic E-state index is 8.81. The molecule has 1 aromatic carbocycles. The van der Waals surface area contributed by atoms with Crippen LogP contribution in [0.25, 0.3) is 0 Å². The van der Waals surface area contributed by atoms with E-state index in [-0.39, 0.29) is 5.84 Å². The molecular formula is C10H12N4O. The van der Waals surface area contributed by atoms with Crippen LogP contribution in [0.2, 0.25) is 0 Å². The van der Waals surface area contributed by atoms with Crippen molar-refractivity contribution in [1.29, 1.82) is 5.26 Å². The van der Waals surface area contributed by atoms with E-state index in [9.17, 15) is 0 Å². The van der Waals surface area contributed by atoms with Gasteiger partial charge in [0, 0.05) is 25.3 Å². The summed E-state index contributed by atoms with van der Waals surface area (Å²) < 4.78 is 0. The summed E-state index contributed by atoms with van der Waals surface area (Å²) in [6, 6.07) is 7.07. The van der Waals surface area contributed by atoms with Crippen molar-refractivity contribution < 1.29 is 5.21 Å². The highest BCUT2D eigenvalue weighted by Gasteiger charge is 2.05. The minimum Gasteiger partial charge on any atom is -0.409 e. The lowest BCUT2D eigenvalue weighted by Gasteiger charge is -2.13. The van der Waals surface area contributed by atoms with Gasteiger partial charge < -0.3 is 15.8 Å². The predicted octanol–water partition coefficient (Wildman–Crippen LogP) is 0.719. The van der Waals surface area contributed by atoms with Crippen molar-refractivity contribution in [3.8, 4) is 6.07 Å². The Hall–Kier alpha value is -2.22. The summed E-state index contributed by atoms with van der Waals surface area (Å²) in [6.45, 7) is 0. The highest BCUT2D eigenvalue weighted by Crippen LogP contribution is 2.16. The van der Waals surface area contributed by atoms with Crippen LogP contribution in [0.1, 0.15) is 11.1 Å². The van der Waals surface area contributed by atoms with Gasteiger partial charge in [-0.2, -0.15) is 5.26 Å². The second-order valence-electron chi connectivity index (χ2n) is 3.26.